The normalized spacial score (nSPS) is 13.6. The molecule has 126 valence electrons. The molecule has 0 bridgehead atoms. The highest BCUT2D eigenvalue weighted by Crippen LogP contribution is 2.20. The summed E-state index contributed by atoms with van der Waals surface area (Å²) in [5.74, 6) is -0.334. The van der Waals surface area contributed by atoms with Crippen molar-refractivity contribution in [2.75, 3.05) is 0 Å². The maximum absolute atomic E-state index is 12.6. The van der Waals surface area contributed by atoms with Gasteiger partial charge in [-0.15, -0.1) is 0 Å². The Morgan fingerprint density at radius 3 is 2.68 bits per heavy atom. The molecule has 4 rings (SSSR count). The van der Waals surface area contributed by atoms with E-state index in [1.165, 1.54) is 0 Å². The molecule has 7 heteroatoms. The quantitative estimate of drug-likeness (QED) is 0.740. The van der Waals surface area contributed by atoms with Crippen LogP contribution in [0.4, 0.5) is 0 Å². The van der Waals surface area contributed by atoms with Crippen LogP contribution in [0.5, 0.6) is 0 Å². The summed E-state index contributed by atoms with van der Waals surface area (Å²) in [5.41, 5.74) is 1.80. The summed E-state index contributed by atoms with van der Waals surface area (Å²) in [4.78, 5) is 33.2. The van der Waals surface area contributed by atoms with Crippen molar-refractivity contribution in [3.8, 4) is 0 Å². The average molecular weight is 335 g/mol. The smallest absolute Gasteiger partial charge is 0.287 e. The van der Waals surface area contributed by atoms with E-state index in [4.69, 9.17) is 0 Å². The molecule has 7 nitrogen and oxygen atoms in total. The molecule has 0 unspecified atom stereocenters. The number of pyridine rings is 2. The monoisotopic (exact) mass is 335 g/mol. The van der Waals surface area contributed by atoms with Gasteiger partial charge in [-0.25, -0.2) is 4.98 Å². The van der Waals surface area contributed by atoms with E-state index in [9.17, 15) is 9.59 Å². The van der Waals surface area contributed by atoms with Gasteiger partial charge in [-0.3, -0.25) is 19.0 Å². The number of amides is 2. The van der Waals surface area contributed by atoms with Crippen LogP contribution >= 0.6 is 0 Å². The molecule has 0 aromatic carbocycles. The second kappa shape index (κ2) is 6.35. The highest BCUT2D eigenvalue weighted by atomic mass is 16.2. The van der Waals surface area contributed by atoms with Crippen molar-refractivity contribution in [1.29, 1.82) is 0 Å². The van der Waals surface area contributed by atoms with E-state index in [0.29, 0.717) is 12.1 Å². The van der Waals surface area contributed by atoms with Crippen LogP contribution in [0.2, 0.25) is 0 Å². The number of hydrogen-bond acceptors (Lipinski definition) is 4. The predicted octanol–water partition coefficient (Wildman–Crippen LogP) is 1.55. The van der Waals surface area contributed by atoms with E-state index in [-0.39, 0.29) is 29.4 Å². The van der Waals surface area contributed by atoms with Gasteiger partial charge in [-0.2, -0.15) is 0 Å². The topological polar surface area (TPSA) is 88.4 Å². The maximum Gasteiger partial charge on any atom is 0.287 e. The first-order valence-electron chi connectivity index (χ1n) is 8.17. The summed E-state index contributed by atoms with van der Waals surface area (Å²) in [6.07, 6.45) is 7.08. The van der Waals surface area contributed by atoms with E-state index < -0.39 is 0 Å². The molecule has 3 heterocycles. The first kappa shape index (κ1) is 15.3. The van der Waals surface area contributed by atoms with Crippen LogP contribution in [0.15, 0.2) is 48.9 Å². The molecular formula is C18H17N5O2. The maximum atomic E-state index is 12.6. The third-order valence-corrected chi connectivity index (χ3v) is 4.08. The van der Waals surface area contributed by atoms with E-state index in [0.717, 1.165) is 18.4 Å². The van der Waals surface area contributed by atoms with Gasteiger partial charge in [0.05, 0.1) is 5.52 Å². The standard InChI is InChI=1S/C18H17N5O2/c24-17(20-11-12-6-8-19-9-7-12)15-14-3-1-2-10-23(14)16(22-15)18(25)21-13-4-5-13/h1-3,6-10,13H,4-5,11H2,(H,20,24)(H,21,25). The molecule has 2 amide bonds. The zero-order valence-corrected chi connectivity index (χ0v) is 13.5. The Bertz CT molecular complexity index is 931. The van der Waals surface area contributed by atoms with Crippen molar-refractivity contribution in [3.05, 3.63) is 66.0 Å². The van der Waals surface area contributed by atoms with Crippen molar-refractivity contribution >= 4 is 17.3 Å². The van der Waals surface area contributed by atoms with Gasteiger partial charge in [0.15, 0.2) is 5.69 Å². The Labute approximate surface area is 144 Å². The molecule has 1 saturated carbocycles. The first-order chi connectivity index (χ1) is 12.2. The van der Waals surface area contributed by atoms with Crippen molar-refractivity contribution in [1.82, 2.24) is 25.0 Å². The largest absolute Gasteiger partial charge is 0.347 e. The number of carbonyl (C=O) groups excluding carboxylic acids is 2. The fourth-order valence-electron chi connectivity index (χ4n) is 2.61. The second-order valence-electron chi connectivity index (χ2n) is 6.03. The number of nitrogens with zero attached hydrogens (tertiary/aromatic N) is 3. The Kier molecular flexibility index (Phi) is 3.89. The van der Waals surface area contributed by atoms with Crippen LogP contribution in [-0.4, -0.2) is 32.2 Å². The molecular weight excluding hydrogens is 318 g/mol. The lowest BCUT2D eigenvalue weighted by Crippen LogP contribution is -2.27. The molecule has 0 atom stereocenters. The molecule has 0 saturated heterocycles. The molecule has 0 aliphatic heterocycles. The number of fused-ring (bicyclic) bond motifs is 1. The number of hydrogen-bond donors (Lipinski definition) is 2. The molecule has 25 heavy (non-hydrogen) atoms. The van der Waals surface area contributed by atoms with Gasteiger partial charge in [0.25, 0.3) is 11.8 Å². The van der Waals surface area contributed by atoms with Gasteiger partial charge in [-0.05, 0) is 42.7 Å². The van der Waals surface area contributed by atoms with Crippen LogP contribution in [0.1, 0.15) is 39.5 Å². The Balaban J connectivity index is 1.60. The van der Waals surface area contributed by atoms with Gasteiger partial charge < -0.3 is 10.6 Å². The number of carbonyl (C=O) groups is 2. The number of nitrogens with one attached hydrogen (secondary N) is 2. The van der Waals surface area contributed by atoms with Gasteiger partial charge in [0, 0.05) is 31.2 Å². The fraction of sp³-hybridized carbons (Fsp3) is 0.222. The lowest BCUT2D eigenvalue weighted by molar-refractivity contribution is 0.0940. The zero-order valence-electron chi connectivity index (χ0n) is 13.5. The van der Waals surface area contributed by atoms with Crippen LogP contribution in [0.3, 0.4) is 0 Å². The number of imidazole rings is 1. The number of rotatable bonds is 5. The minimum atomic E-state index is -0.314. The minimum Gasteiger partial charge on any atom is -0.347 e. The SMILES string of the molecule is O=C(NCc1ccncc1)c1nc(C(=O)NC2CC2)n2ccccc12. The third kappa shape index (κ3) is 3.21. The summed E-state index contributed by atoms with van der Waals surface area (Å²) < 4.78 is 1.65. The van der Waals surface area contributed by atoms with Crippen LogP contribution in [-0.2, 0) is 6.54 Å². The Morgan fingerprint density at radius 1 is 1.12 bits per heavy atom. The van der Waals surface area contributed by atoms with Gasteiger partial charge in [-0.1, -0.05) is 6.07 Å². The summed E-state index contributed by atoms with van der Waals surface area (Å²) >= 11 is 0. The van der Waals surface area contributed by atoms with E-state index in [1.54, 1.807) is 35.1 Å². The summed E-state index contributed by atoms with van der Waals surface area (Å²) in [6.45, 7) is 0.372. The second-order valence-corrected chi connectivity index (χ2v) is 6.03. The summed E-state index contributed by atoms with van der Waals surface area (Å²) in [6, 6.07) is 9.30. The molecule has 1 aliphatic rings. The Hall–Kier alpha value is -3.22. The molecule has 2 N–H and O–H groups in total. The highest BCUT2D eigenvalue weighted by Gasteiger charge is 2.27. The Morgan fingerprint density at radius 2 is 1.92 bits per heavy atom. The summed E-state index contributed by atoms with van der Waals surface area (Å²) in [5, 5.41) is 5.75. The van der Waals surface area contributed by atoms with Gasteiger partial charge in [0.2, 0.25) is 5.82 Å². The molecule has 0 spiro atoms. The van der Waals surface area contributed by atoms with Crippen LogP contribution in [0.25, 0.3) is 5.52 Å². The molecule has 3 aromatic heterocycles. The third-order valence-electron chi connectivity index (χ3n) is 4.08. The summed E-state index contributed by atoms with van der Waals surface area (Å²) in [7, 11) is 0. The van der Waals surface area contributed by atoms with Crippen molar-refractivity contribution in [3.63, 3.8) is 0 Å². The van der Waals surface area contributed by atoms with Gasteiger partial charge >= 0.3 is 0 Å². The molecule has 0 radical (unpaired) electrons. The molecule has 3 aromatic rings. The lowest BCUT2D eigenvalue weighted by Gasteiger charge is -2.03. The van der Waals surface area contributed by atoms with E-state index >= 15 is 0 Å². The fourth-order valence-corrected chi connectivity index (χ4v) is 2.61. The van der Waals surface area contributed by atoms with E-state index in [2.05, 4.69) is 20.6 Å². The first-order valence-corrected chi connectivity index (χ1v) is 8.17. The lowest BCUT2D eigenvalue weighted by atomic mass is 10.2. The van der Waals surface area contributed by atoms with Gasteiger partial charge in [0.1, 0.15) is 0 Å². The predicted molar refractivity (Wildman–Crippen MR) is 91.1 cm³/mol. The average Bonchev–Trinajstić information content (AvgIpc) is 3.37. The van der Waals surface area contributed by atoms with Crippen molar-refractivity contribution in [2.45, 2.75) is 25.4 Å². The molecule has 1 fully saturated rings. The van der Waals surface area contributed by atoms with E-state index in [1.807, 2.05) is 18.2 Å². The molecule has 1 aliphatic carbocycles. The van der Waals surface area contributed by atoms with Crippen LogP contribution < -0.4 is 10.6 Å². The van der Waals surface area contributed by atoms with Crippen LogP contribution in [0, 0.1) is 0 Å². The minimum absolute atomic E-state index is 0.229. The van der Waals surface area contributed by atoms with Crippen molar-refractivity contribution in [2.24, 2.45) is 0 Å². The number of aromatic nitrogens is 3. The highest BCUT2D eigenvalue weighted by molar-refractivity contribution is 6.02. The van der Waals surface area contributed by atoms with Crippen molar-refractivity contribution < 1.29 is 9.59 Å². The zero-order chi connectivity index (χ0) is 17.2.